The van der Waals surface area contributed by atoms with Gasteiger partial charge in [0.25, 0.3) is 0 Å². The number of rotatable bonds is 15. The molecule has 0 saturated heterocycles. The Kier molecular flexibility index (Phi) is 11.5. The number of nitrogens with zero attached hydrogens (tertiary/aromatic N) is 2. The van der Waals surface area contributed by atoms with Gasteiger partial charge in [-0.1, -0.05) is 147 Å². The maximum absolute atomic E-state index is 6.18. The number of ether oxygens (including phenoxy) is 2. The van der Waals surface area contributed by atoms with E-state index in [1.165, 1.54) is 22.3 Å². The van der Waals surface area contributed by atoms with Crippen LogP contribution in [0.5, 0.6) is 11.5 Å². The first-order valence-electron chi connectivity index (χ1n) is 17.5. The van der Waals surface area contributed by atoms with Gasteiger partial charge in [-0.3, -0.25) is 0 Å². The summed E-state index contributed by atoms with van der Waals surface area (Å²) >= 11 is 0. The molecule has 6 aromatic carbocycles. The van der Waals surface area contributed by atoms with Crippen LogP contribution >= 0.6 is 0 Å². The van der Waals surface area contributed by atoms with E-state index in [9.17, 15) is 0 Å². The Hall–Kier alpha value is -5.48. The molecule has 0 aliphatic rings. The van der Waals surface area contributed by atoms with Gasteiger partial charge in [0, 0.05) is 66.7 Å². The highest BCUT2D eigenvalue weighted by atomic mass is 16.5. The van der Waals surface area contributed by atoms with Crippen LogP contribution in [0.1, 0.15) is 53.1 Å². The molecule has 0 unspecified atom stereocenters. The molecule has 0 atom stereocenters. The minimum Gasteiger partial charge on any atom is -0.496 e. The summed E-state index contributed by atoms with van der Waals surface area (Å²) in [6.45, 7) is 7.74. The molecule has 0 fully saturated rings. The molecule has 0 heterocycles. The van der Waals surface area contributed by atoms with Gasteiger partial charge in [0.2, 0.25) is 0 Å². The van der Waals surface area contributed by atoms with E-state index in [4.69, 9.17) is 9.47 Å². The maximum atomic E-state index is 6.18. The van der Waals surface area contributed by atoms with Gasteiger partial charge in [0.1, 0.15) is 11.5 Å². The molecule has 0 aliphatic heterocycles. The summed E-state index contributed by atoms with van der Waals surface area (Å²) in [5.41, 5.74) is 9.63. The van der Waals surface area contributed by atoms with Crippen molar-refractivity contribution in [2.24, 2.45) is 5.92 Å². The zero-order valence-electron chi connectivity index (χ0n) is 29.7. The molecule has 6 aromatic rings. The third-order valence-corrected chi connectivity index (χ3v) is 9.37. The van der Waals surface area contributed by atoms with Gasteiger partial charge in [0.15, 0.2) is 0 Å². The summed E-state index contributed by atoms with van der Waals surface area (Å²) in [6, 6.07) is 56.1. The van der Waals surface area contributed by atoms with E-state index in [-0.39, 0.29) is 5.92 Å². The number of hydrogen-bond acceptors (Lipinski definition) is 4. The lowest BCUT2D eigenvalue weighted by atomic mass is 9.81. The Balaban J connectivity index is 1.35. The van der Waals surface area contributed by atoms with E-state index in [0.29, 0.717) is 5.92 Å². The molecule has 50 heavy (non-hydrogen) atoms. The van der Waals surface area contributed by atoms with Crippen molar-refractivity contribution in [2.45, 2.75) is 45.9 Å². The molecule has 254 valence electrons. The summed E-state index contributed by atoms with van der Waals surface area (Å²) in [5, 5.41) is 0. The first-order valence-corrected chi connectivity index (χ1v) is 17.5. The fourth-order valence-corrected chi connectivity index (χ4v) is 6.88. The van der Waals surface area contributed by atoms with Crippen LogP contribution in [-0.2, 0) is 26.2 Å². The first kappa shape index (κ1) is 34.4. The molecule has 0 radical (unpaired) electrons. The van der Waals surface area contributed by atoms with Crippen LogP contribution in [0.3, 0.4) is 0 Å². The predicted molar refractivity (Wildman–Crippen MR) is 208 cm³/mol. The van der Waals surface area contributed by atoms with Crippen molar-refractivity contribution in [3.05, 3.63) is 191 Å². The highest BCUT2D eigenvalue weighted by Crippen LogP contribution is 2.44. The van der Waals surface area contributed by atoms with Crippen LogP contribution in [0.2, 0.25) is 0 Å². The van der Waals surface area contributed by atoms with Crippen molar-refractivity contribution in [3.63, 3.8) is 0 Å². The van der Waals surface area contributed by atoms with Gasteiger partial charge in [-0.25, -0.2) is 0 Å². The van der Waals surface area contributed by atoms with Gasteiger partial charge in [-0.2, -0.15) is 0 Å². The number of benzene rings is 6. The average Bonchev–Trinajstić information content (AvgIpc) is 3.16. The molecule has 0 saturated carbocycles. The molecule has 4 nitrogen and oxygen atoms in total. The Morgan fingerprint density at radius 1 is 0.420 bits per heavy atom. The molecule has 4 heteroatoms. The number of methoxy groups -OCH3 is 2. The fourth-order valence-electron chi connectivity index (χ4n) is 6.88. The van der Waals surface area contributed by atoms with Crippen LogP contribution in [0.25, 0.3) is 0 Å². The standard InChI is InChI=1S/C46H48N2O2/c1-35(2)46(42-27-25-40(29-44(42)49-3)47(31-36-17-9-5-10-18-36)32-37-19-11-6-12-20-37)43-28-26-41(30-45(43)50-4)48(33-38-21-13-7-14-22-38)34-39-23-15-8-16-24-39/h5-30,35,46H,31-34H2,1-4H3. The summed E-state index contributed by atoms with van der Waals surface area (Å²) < 4.78 is 12.4. The second-order valence-corrected chi connectivity index (χ2v) is 13.2. The maximum Gasteiger partial charge on any atom is 0.124 e. The van der Waals surface area contributed by atoms with Crippen LogP contribution in [-0.4, -0.2) is 14.2 Å². The van der Waals surface area contributed by atoms with Gasteiger partial charge in [0.05, 0.1) is 14.2 Å². The molecule has 0 aromatic heterocycles. The highest BCUT2D eigenvalue weighted by molar-refractivity contribution is 5.60. The van der Waals surface area contributed by atoms with Crippen molar-refractivity contribution in [1.82, 2.24) is 0 Å². The van der Waals surface area contributed by atoms with Crippen molar-refractivity contribution in [2.75, 3.05) is 24.0 Å². The summed E-state index contributed by atoms with van der Waals surface area (Å²) in [6.07, 6.45) is 0. The third-order valence-electron chi connectivity index (χ3n) is 9.37. The van der Waals surface area contributed by atoms with Crippen LogP contribution in [0.4, 0.5) is 11.4 Å². The Morgan fingerprint density at radius 2 is 0.720 bits per heavy atom. The number of hydrogen-bond donors (Lipinski definition) is 0. The van der Waals surface area contributed by atoms with E-state index in [1.807, 2.05) is 0 Å². The normalized spacial score (nSPS) is 11.1. The van der Waals surface area contributed by atoms with E-state index in [1.54, 1.807) is 14.2 Å². The Morgan fingerprint density at radius 3 is 0.980 bits per heavy atom. The zero-order chi connectivity index (χ0) is 34.7. The largest absolute Gasteiger partial charge is 0.496 e. The summed E-state index contributed by atoms with van der Waals surface area (Å²) in [5.74, 6) is 2.13. The average molecular weight is 661 g/mol. The van der Waals surface area contributed by atoms with E-state index >= 15 is 0 Å². The van der Waals surface area contributed by atoms with Crippen molar-refractivity contribution in [1.29, 1.82) is 0 Å². The van der Waals surface area contributed by atoms with Crippen LogP contribution in [0.15, 0.2) is 158 Å². The summed E-state index contributed by atoms with van der Waals surface area (Å²) in [7, 11) is 3.56. The molecular formula is C46H48N2O2. The summed E-state index contributed by atoms with van der Waals surface area (Å²) in [4.78, 5) is 4.84. The molecule has 0 aliphatic carbocycles. The lowest BCUT2D eigenvalue weighted by molar-refractivity contribution is 0.390. The molecule has 0 spiro atoms. The second-order valence-electron chi connectivity index (χ2n) is 13.2. The number of anilines is 2. The zero-order valence-corrected chi connectivity index (χ0v) is 29.7. The monoisotopic (exact) mass is 660 g/mol. The Bertz CT molecular complexity index is 1690. The van der Waals surface area contributed by atoms with Gasteiger partial charge >= 0.3 is 0 Å². The highest BCUT2D eigenvalue weighted by Gasteiger charge is 2.27. The smallest absolute Gasteiger partial charge is 0.124 e. The van der Waals surface area contributed by atoms with Gasteiger partial charge in [-0.05, 0) is 40.3 Å². The molecule has 0 N–H and O–H groups in total. The fraction of sp³-hybridized carbons (Fsp3) is 0.217. The van der Waals surface area contributed by atoms with Crippen molar-refractivity contribution >= 4 is 11.4 Å². The van der Waals surface area contributed by atoms with Crippen molar-refractivity contribution in [3.8, 4) is 11.5 Å². The third kappa shape index (κ3) is 8.56. The van der Waals surface area contributed by atoms with Crippen LogP contribution < -0.4 is 19.3 Å². The molecule has 0 bridgehead atoms. The second kappa shape index (κ2) is 16.8. The predicted octanol–water partition coefficient (Wildman–Crippen LogP) is 10.9. The van der Waals surface area contributed by atoms with Gasteiger partial charge in [-0.15, -0.1) is 0 Å². The van der Waals surface area contributed by atoms with Gasteiger partial charge < -0.3 is 19.3 Å². The van der Waals surface area contributed by atoms with E-state index in [2.05, 4.69) is 181 Å². The minimum absolute atomic E-state index is 0.0661. The topological polar surface area (TPSA) is 24.9 Å². The quantitative estimate of drug-likeness (QED) is 0.109. The first-order chi connectivity index (χ1) is 24.5. The molecule has 0 amide bonds. The Labute approximate surface area is 298 Å². The SMILES string of the molecule is COc1cc(N(Cc2ccccc2)Cc2ccccc2)ccc1C(c1ccc(N(Cc2ccccc2)Cc2ccccc2)cc1OC)C(C)C. The van der Waals surface area contributed by atoms with Crippen molar-refractivity contribution < 1.29 is 9.47 Å². The van der Waals surface area contributed by atoms with Crippen LogP contribution in [0, 0.1) is 5.92 Å². The minimum atomic E-state index is 0.0661. The van der Waals surface area contributed by atoms with E-state index in [0.717, 1.165) is 60.2 Å². The van der Waals surface area contributed by atoms with E-state index < -0.39 is 0 Å². The molecule has 6 rings (SSSR count). The molecular weight excluding hydrogens is 613 g/mol. The lowest BCUT2D eigenvalue weighted by Crippen LogP contribution is -2.23. The lowest BCUT2D eigenvalue weighted by Gasteiger charge is -2.30.